The average Bonchev–Trinajstić information content (AvgIpc) is 2.19. The van der Waals surface area contributed by atoms with Crippen molar-refractivity contribution in [2.24, 2.45) is 0 Å². The highest BCUT2D eigenvalue weighted by molar-refractivity contribution is 5.03. The Kier molecular flexibility index (Phi) is 4.03. The van der Waals surface area contributed by atoms with Gasteiger partial charge in [-0.3, -0.25) is 0 Å². The molecule has 4 N–H and O–H groups in total. The van der Waals surface area contributed by atoms with Crippen molar-refractivity contribution in [3.63, 3.8) is 0 Å². The lowest BCUT2D eigenvalue weighted by Crippen LogP contribution is -2.58. The average molecular weight is 203 g/mol. The van der Waals surface area contributed by atoms with Gasteiger partial charge < -0.3 is 25.2 Å². The Morgan fingerprint density at radius 3 is 2.29 bits per heavy atom. The van der Waals surface area contributed by atoms with E-state index in [0.717, 1.165) is 0 Å². The maximum absolute atomic E-state index is 9.46. The minimum atomic E-state index is -1.32. The highest BCUT2D eigenvalue weighted by Gasteiger charge is 2.42. The molecule has 5 atom stereocenters. The SMILES string of the molecule is C=C[CH]C1O[C@H](CO)[C@H](O)[C@H](O)[C@H]1O. The molecule has 0 amide bonds. The maximum Gasteiger partial charge on any atom is 0.111 e. The lowest BCUT2D eigenvalue weighted by Gasteiger charge is -2.39. The van der Waals surface area contributed by atoms with Gasteiger partial charge in [0.25, 0.3) is 0 Å². The predicted octanol–water partition coefficient (Wildman–Crippen LogP) is -1.78. The number of rotatable bonds is 3. The van der Waals surface area contributed by atoms with Crippen LogP contribution in [0, 0.1) is 6.42 Å². The zero-order chi connectivity index (χ0) is 10.7. The van der Waals surface area contributed by atoms with E-state index < -0.39 is 37.1 Å². The Morgan fingerprint density at radius 1 is 1.14 bits per heavy atom. The Morgan fingerprint density at radius 2 is 1.79 bits per heavy atom. The van der Waals surface area contributed by atoms with Gasteiger partial charge in [-0.05, 0) is 0 Å². The van der Waals surface area contributed by atoms with Crippen molar-refractivity contribution < 1.29 is 25.2 Å². The van der Waals surface area contributed by atoms with Crippen molar-refractivity contribution in [2.45, 2.75) is 30.5 Å². The first kappa shape index (κ1) is 11.6. The van der Waals surface area contributed by atoms with E-state index in [-0.39, 0.29) is 0 Å². The van der Waals surface area contributed by atoms with Gasteiger partial charge in [0.15, 0.2) is 0 Å². The van der Waals surface area contributed by atoms with Crippen molar-refractivity contribution >= 4 is 0 Å². The zero-order valence-electron chi connectivity index (χ0n) is 7.65. The molecule has 1 saturated heterocycles. The minimum Gasteiger partial charge on any atom is -0.394 e. The van der Waals surface area contributed by atoms with Crippen LogP contribution in [0.5, 0.6) is 0 Å². The van der Waals surface area contributed by atoms with Crippen LogP contribution in [-0.2, 0) is 4.74 Å². The van der Waals surface area contributed by atoms with E-state index in [9.17, 15) is 15.3 Å². The maximum atomic E-state index is 9.46. The van der Waals surface area contributed by atoms with Crippen LogP contribution in [0.1, 0.15) is 0 Å². The predicted molar refractivity (Wildman–Crippen MR) is 48.3 cm³/mol. The van der Waals surface area contributed by atoms with Crippen molar-refractivity contribution in [1.29, 1.82) is 0 Å². The van der Waals surface area contributed by atoms with Gasteiger partial charge in [-0.15, -0.1) is 6.58 Å². The normalized spacial score (nSPS) is 43.6. The fraction of sp³-hybridized carbons (Fsp3) is 0.667. The molecule has 81 valence electrons. The summed E-state index contributed by atoms with van der Waals surface area (Å²) >= 11 is 0. The second kappa shape index (κ2) is 4.86. The molecule has 0 aromatic carbocycles. The summed E-state index contributed by atoms with van der Waals surface area (Å²) in [6.07, 6.45) is -2.54. The molecular formula is C9H15O5. The first-order chi connectivity index (χ1) is 6.61. The van der Waals surface area contributed by atoms with E-state index in [1.807, 2.05) is 0 Å². The second-order valence-corrected chi connectivity index (χ2v) is 3.22. The van der Waals surface area contributed by atoms with Crippen molar-refractivity contribution in [3.8, 4) is 0 Å². The topological polar surface area (TPSA) is 90.2 Å². The summed E-state index contributed by atoms with van der Waals surface area (Å²) in [6, 6.07) is 0. The Balaban J connectivity index is 2.67. The lowest BCUT2D eigenvalue weighted by atomic mass is 9.94. The van der Waals surface area contributed by atoms with E-state index >= 15 is 0 Å². The van der Waals surface area contributed by atoms with Gasteiger partial charge in [0.05, 0.1) is 12.7 Å². The van der Waals surface area contributed by atoms with Crippen molar-refractivity contribution in [3.05, 3.63) is 19.1 Å². The molecule has 0 spiro atoms. The summed E-state index contributed by atoms with van der Waals surface area (Å²) in [5.74, 6) is 0. The molecule has 1 unspecified atom stereocenters. The molecule has 1 radical (unpaired) electrons. The molecule has 1 heterocycles. The quantitative estimate of drug-likeness (QED) is 0.435. The van der Waals surface area contributed by atoms with Gasteiger partial charge in [0.2, 0.25) is 0 Å². The molecule has 0 aromatic rings. The molecule has 5 heteroatoms. The van der Waals surface area contributed by atoms with Gasteiger partial charge in [-0.25, -0.2) is 0 Å². The molecule has 1 aliphatic rings. The molecule has 1 aliphatic heterocycles. The van der Waals surface area contributed by atoms with Gasteiger partial charge in [0, 0.05) is 6.42 Å². The van der Waals surface area contributed by atoms with E-state index in [1.165, 1.54) is 12.5 Å². The number of hydrogen-bond donors (Lipinski definition) is 4. The zero-order valence-corrected chi connectivity index (χ0v) is 7.65. The lowest BCUT2D eigenvalue weighted by molar-refractivity contribution is -0.219. The van der Waals surface area contributed by atoms with Crippen molar-refractivity contribution in [2.75, 3.05) is 6.61 Å². The largest absolute Gasteiger partial charge is 0.394 e. The Bertz CT molecular complexity index is 194. The Labute approximate surface area is 82.3 Å². The third kappa shape index (κ3) is 2.13. The van der Waals surface area contributed by atoms with E-state index in [4.69, 9.17) is 9.84 Å². The van der Waals surface area contributed by atoms with E-state index in [2.05, 4.69) is 6.58 Å². The summed E-state index contributed by atoms with van der Waals surface area (Å²) in [5, 5.41) is 37.0. The molecule has 14 heavy (non-hydrogen) atoms. The van der Waals surface area contributed by atoms with Crippen LogP contribution in [-0.4, -0.2) is 57.6 Å². The monoisotopic (exact) mass is 203 g/mol. The Hall–Kier alpha value is -0.460. The molecular weight excluding hydrogens is 188 g/mol. The molecule has 1 fully saturated rings. The van der Waals surface area contributed by atoms with Crippen LogP contribution in [0.2, 0.25) is 0 Å². The summed E-state index contributed by atoms with van der Waals surface area (Å²) in [7, 11) is 0. The minimum absolute atomic E-state index is 0.410. The summed E-state index contributed by atoms with van der Waals surface area (Å²) in [5.41, 5.74) is 0. The van der Waals surface area contributed by atoms with Crippen molar-refractivity contribution in [1.82, 2.24) is 0 Å². The van der Waals surface area contributed by atoms with Gasteiger partial charge in [-0.2, -0.15) is 0 Å². The van der Waals surface area contributed by atoms with Crippen LogP contribution >= 0.6 is 0 Å². The van der Waals surface area contributed by atoms with Crippen LogP contribution in [0.25, 0.3) is 0 Å². The third-order valence-electron chi connectivity index (χ3n) is 2.25. The number of aliphatic hydroxyl groups is 4. The smallest absolute Gasteiger partial charge is 0.111 e. The van der Waals surface area contributed by atoms with Gasteiger partial charge in [0.1, 0.15) is 24.4 Å². The third-order valence-corrected chi connectivity index (χ3v) is 2.25. The summed E-state index contributed by atoms with van der Waals surface area (Å²) in [6.45, 7) is 3.02. The first-order valence-electron chi connectivity index (χ1n) is 4.38. The first-order valence-corrected chi connectivity index (χ1v) is 4.38. The molecule has 5 nitrogen and oxygen atoms in total. The number of ether oxygens (including phenoxy) is 1. The number of aliphatic hydroxyl groups excluding tert-OH is 4. The van der Waals surface area contributed by atoms with Crippen LogP contribution in [0.15, 0.2) is 12.7 Å². The molecule has 0 aromatic heterocycles. The summed E-state index contributed by atoms with van der Waals surface area (Å²) < 4.78 is 5.13. The van der Waals surface area contributed by atoms with E-state index in [0.29, 0.717) is 0 Å². The highest BCUT2D eigenvalue weighted by Crippen LogP contribution is 2.22. The number of hydrogen-bond acceptors (Lipinski definition) is 5. The standard InChI is InChI=1S/C9H15O5/c1-2-3-5-7(11)9(13)8(12)6(4-10)14-5/h2-3,5-13H,1,4H2/t5?,6-,7+,8+,9-/m1/s1. The molecule has 0 bridgehead atoms. The fourth-order valence-electron chi connectivity index (χ4n) is 1.42. The fourth-order valence-corrected chi connectivity index (χ4v) is 1.42. The molecule has 0 aliphatic carbocycles. The molecule has 1 rings (SSSR count). The van der Waals surface area contributed by atoms with Gasteiger partial charge >= 0.3 is 0 Å². The van der Waals surface area contributed by atoms with Crippen LogP contribution in [0.3, 0.4) is 0 Å². The van der Waals surface area contributed by atoms with E-state index in [1.54, 1.807) is 0 Å². The highest BCUT2D eigenvalue weighted by atomic mass is 16.5. The second-order valence-electron chi connectivity index (χ2n) is 3.22. The van der Waals surface area contributed by atoms with Crippen LogP contribution < -0.4 is 0 Å². The van der Waals surface area contributed by atoms with Gasteiger partial charge in [-0.1, -0.05) is 6.08 Å². The van der Waals surface area contributed by atoms with Crippen LogP contribution in [0.4, 0.5) is 0 Å². The summed E-state index contributed by atoms with van der Waals surface area (Å²) in [4.78, 5) is 0. The molecule has 0 saturated carbocycles.